The molecule has 1 aromatic heterocycles. The number of likely N-dealkylation sites (tertiary alicyclic amines) is 1. The van der Waals surface area contributed by atoms with E-state index in [1.165, 1.54) is 4.90 Å². The summed E-state index contributed by atoms with van der Waals surface area (Å²) in [5.41, 5.74) is -1.05. The van der Waals surface area contributed by atoms with E-state index in [2.05, 4.69) is 4.98 Å². The van der Waals surface area contributed by atoms with Crippen LogP contribution in [0, 0.1) is 5.92 Å². The van der Waals surface area contributed by atoms with Crippen molar-refractivity contribution in [1.29, 1.82) is 0 Å². The van der Waals surface area contributed by atoms with Crippen molar-refractivity contribution < 1.29 is 27.9 Å². The van der Waals surface area contributed by atoms with Crippen LogP contribution in [-0.2, 0) is 11.0 Å². The minimum atomic E-state index is -4.56. The highest BCUT2D eigenvalue weighted by atomic mass is 19.4. The van der Waals surface area contributed by atoms with Gasteiger partial charge in [-0.25, -0.2) is 0 Å². The minimum absolute atomic E-state index is 0.0193. The van der Waals surface area contributed by atoms with Crippen LogP contribution < -0.4 is 0 Å². The molecule has 0 radical (unpaired) electrons. The van der Waals surface area contributed by atoms with Crippen LogP contribution in [0.4, 0.5) is 13.2 Å². The van der Waals surface area contributed by atoms with Gasteiger partial charge in [0.15, 0.2) is 0 Å². The average Bonchev–Trinajstić information content (AvgIpc) is 2.46. The summed E-state index contributed by atoms with van der Waals surface area (Å²) in [5.74, 6) is -2.13. The van der Waals surface area contributed by atoms with Crippen LogP contribution in [0.5, 0.6) is 0 Å². The number of aliphatic carboxylic acids is 1. The van der Waals surface area contributed by atoms with Crippen LogP contribution in [0.1, 0.15) is 35.8 Å². The number of carboxylic acid groups (broad SMARTS) is 1. The Kier molecular flexibility index (Phi) is 4.39. The molecular formula is C14H15F3N2O3. The van der Waals surface area contributed by atoms with Gasteiger partial charge in [0.2, 0.25) is 0 Å². The first-order valence-corrected chi connectivity index (χ1v) is 6.77. The fraction of sp³-hybridized carbons (Fsp3) is 0.500. The summed E-state index contributed by atoms with van der Waals surface area (Å²) in [6.07, 6.45) is -2.67. The average molecular weight is 316 g/mol. The molecule has 2 heterocycles. The van der Waals surface area contributed by atoms with E-state index >= 15 is 0 Å². The summed E-state index contributed by atoms with van der Waals surface area (Å²) < 4.78 is 37.4. The normalized spacial score (nSPS) is 22.5. The third kappa shape index (κ3) is 3.37. The van der Waals surface area contributed by atoms with E-state index in [-0.39, 0.29) is 18.2 Å². The molecule has 0 aliphatic carbocycles. The number of hydrogen-bond donors (Lipinski definition) is 1. The maximum Gasteiger partial charge on any atom is 0.433 e. The van der Waals surface area contributed by atoms with Crippen LogP contribution in [0.25, 0.3) is 0 Å². The predicted molar refractivity (Wildman–Crippen MR) is 70.1 cm³/mol. The molecule has 1 fully saturated rings. The number of amides is 1. The van der Waals surface area contributed by atoms with Crippen LogP contribution in [0.2, 0.25) is 0 Å². The first-order chi connectivity index (χ1) is 10.2. The number of halogens is 3. The van der Waals surface area contributed by atoms with Gasteiger partial charge < -0.3 is 10.0 Å². The number of alkyl halides is 3. The van der Waals surface area contributed by atoms with Gasteiger partial charge in [-0.15, -0.1) is 0 Å². The molecule has 1 aliphatic heterocycles. The third-order valence-corrected chi connectivity index (χ3v) is 3.79. The smallest absolute Gasteiger partial charge is 0.433 e. The van der Waals surface area contributed by atoms with Crippen molar-refractivity contribution in [2.24, 2.45) is 5.92 Å². The predicted octanol–water partition coefficient (Wildman–Crippen LogP) is 2.43. The number of carboxylic acids is 1. The van der Waals surface area contributed by atoms with E-state index in [0.717, 1.165) is 18.3 Å². The van der Waals surface area contributed by atoms with Crippen molar-refractivity contribution in [3.63, 3.8) is 0 Å². The second-order valence-electron chi connectivity index (χ2n) is 5.35. The summed E-state index contributed by atoms with van der Waals surface area (Å²) in [6, 6.07) is 1.65. The zero-order valence-electron chi connectivity index (χ0n) is 11.8. The highest BCUT2D eigenvalue weighted by Gasteiger charge is 2.35. The number of nitrogens with zero attached hydrogens (tertiary/aromatic N) is 2. The van der Waals surface area contributed by atoms with Gasteiger partial charge in [0.1, 0.15) is 5.69 Å². The standard InChI is InChI=1S/C14H15F3N2O3/c1-8-2-3-10(13(21)22)7-19(8)12(20)9-4-5-11(18-6-9)14(15,16)17/h4-6,8,10H,2-3,7H2,1H3,(H,21,22). The zero-order chi connectivity index (χ0) is 16.5. The van der Waals surface area contributed by atoms with Gasteiger partial charge in [0, 0.05) is 18.8 Å². The lowest BCUT2D eigenvalue weighted by atomic mass is 9.93. The quantitative estimate of drug-likeness (QED) is 0.909. The third-order valence-electron chi connectivity index (χ3n) is 3.79. The molecule has 1 amide bonds. The number of carbonyl (C=O) groups is 2. The summed E-state index contributed by atoms with van der Waals surface area (Å²) in [5, 5.41) is 9.05. The molecule has 0 saturated carbocycles. The summed E-state index contributed by atoms with van der Waals surface area (Å²) >= 11 is 0. The molecule has 2 rings (SSSR count). The lowest BCUT2D eigenvalue weighted by molar-refractivity contribution is -0.143. The Morgan fingerprint density at radius 3 is 2.50 bits per heavy atom. The summed E-state index contributed by atoms with van der Waals surface area (Å²) in [6.45, 7) is 1.84. The molecule has 120 valence electrons. The Hall–Kier alpha value is -2.12. The van der Waals surface area contributed by atoms with Gasteiger partial charge in [-0.1, -0.05) is 0 Å². The second-order valence-corrected chi connectivity index (χ2v) is 5.35. The van der Waals surface area contributed by atoms with Crippen LogP contribution >= 0.6 is 0 Å². The van der Waals surface area contributed by atoms with Gasteiger partial charge in [0.05, 0.1) is 11.5 Å². The molecule has 1 N–H and O–H groups in total. The first-order valence-electron chi connectivity index (χ1n) is 6.77. The number of hydrogen-bond acceptors (Lipinski definition) is 3. The number of rotatable bonds is 2. The van der Waals surface area contributed by atoms with E-state index in [0.29, 0.717) is 12.8 Å². The molecule has 0 aromatic carbocycles. The number of piperidine rings is 1. The van der Waals surface area contributed by atoms with E-state index in [1.807, 2.05) is 0 Å². The van der Waals surface area contributed by atoms with Gasteiger partial charge in [-0.3, -0.25) is 14.6 Å². The molecule has 1 saturated heterocycles. The fourth-order valence-corrected chi connectivity index (χ4v) is 2.45. The maximum atomic E-state index is 12.5. The van der Waals surface area contributed by atoms with Crippen molar-refractivity contribution in [3.8, 4) is 0 Å². The lowest BCUT2D eigenvalue weighted by Crippen LogP contribution is -2.47. The van der Waals surface area contributed by atoms with Crippen molar-refractivity contribution in [2.75, 3.05) is 6.54 Å². The minimum Gasteiger partial charge on any atom is -0.481 e. The van der Waals surface area contributed by atoms with Gasteiger partial charge in [-0.2, -0.15) is 13.2 Å². The zero-order valence-corrected chi connectivity index (χ0v) is 11.8. The molecule has 5 nitrogen and oxygen atoms in total. The van der Waals surface area contributed by atoms with E-state index < -0.39 is 29.7 Å². The molecule has 1 aromatic rings. The monoisotopic (exact) mass is 316 g/mol. The second kappa shape index (κ2) is 5.94. The highest BCUT2D eigenvalue weighted by Crippen LogP contribution is 2.28. The lowest BCUT2D eigenvalue weighted by Gasteiger charge is -2.36. The van der Waals surface area contributed by atoms with E-state index in [1.54, 1.807) is 6.92 Å². The number of pyridine rings is 1. The summed E-state index contributed by atoms with van der Waals surface area (Å²) in [7, 11) is 0. The van der Waals surface area contributed by atoms with E-state index in [4.69, 9.17) is 5.11 Å². The van der Waals surface area contributed by atoms with Gasteiger partial charge in [0.25, 0.3) is 5.91 Å². The topological polar surface area (TPSA) is 70.5 Å². The van der Waals surface area contributed by atoms with E-state index in [9.17, 15) is 22.8 Å². The van der Waals surface area contributed by atoms with Gasteiger partial charge in [-0.05, 0) is 31.9 Å². The van der Waals surface area contributed by atoms with Crippen molar-refractivity contribution in [3.05, 3.63) is 29.6 Å². The molecule has 1 aliphatic rings. The van der Waals surface area contributed by atoms with Crippen LogP contribution in [-0.4, -0.2) is 39.5 Å². The molecule has 22 heavy (non-hydrogen) atoms. The fourth-order valence-electron chi connectivity index (χ4n) is 2.45. The van der Waals surface area contributed by atoms with Crippen molar-refractivity contribution in [2.45, 2.75) is 32.0 Å². The van der Waals surface area contributed by atoms with Crippen molar-refractivity contribution in [1.82, 2.24) is 9.88 Å². The molecule has 2 unspecified atom stereocenters. The highest BCUT2D eigenvalue weighted by molar-refractivity contribution is 5.94. The van der Waals surface area contributed by atoms with Crippen molar-refractivity contribution >= 4 is 11.9 Å². The molecule has 0 bridgehead atoms. The molecular weight excluding hydrogens is 301 g/mol. The maximum absolute atomic E-state index is 12.5. The molecule has 0 spiro atoms. The largest absolute Gasteiger partial charge is 0.481 e. The first kappa shape index (κ1) is 16.3. The number of carbonyl (C=O) groups excluding carboxylic acids is 1. The number of aromatic nitrogens is 1. The van der Waals surface area contributed by atoms with Crippen LogP contribution in [0.15, 0.2) is 18.3 Å². The molecule has 8 heteroatoms. The van der Waals surface area contributed by atoms with Crippen LogP contribution in [0.3, 0.4) is 0 Å². The Morgan fingerprint density at radius 1 is 1.32 bits per heavy atom. The Bertz CT molecular complexity index is 572. The Balaban J connectivity index is 2.17. The molecule has 2 atom stereocenters. The Morgan fingerprint density at radius 2 is 2.00 bits per heavy atom. The SMILES string of the molecule is CC1CCC(C(=O)O)CN1C(=O)c1ccc(C(F)(F)F)nc1. The summed E-state index contributed by atoms with van der Waals surface area (Å²) in [4.78, 5) is 28.0. The van der Waals surface area contributed by atoms with Gasteiger partial charge >= 0.3 is 12.1 Å². The Labute approximate surface area is 124 Å².